The van der Waals surface area contributed by atoms with Gasteiger partial charge in [0.25, 0.3) is 0 Å². The van der Waals surface area contributed by atoms with E-state index in [9.17, 15) is 4.39 Å². The summed E-state index contributed by atoms with van der Waals surface area (Å²) < 4.78 is 13.4. The second kappa shape index (κ2) is 8.21. The van der Waals surface area contributed by atoms with Gasteiger partial charge in [0.2, 0.25) is 0 Å². The second-order valence-electron chi connectivity index (χ2n) is 6.99. The lowest BCUT2D eigenvalue weighted by atomic mass is 10.1. The Labute approximate surface area is 149 Å². The van der Waals surface area contributed by atoms with Crippen LogP contribution in [0.15, 0.2) is 29.3 Å². The zero-order chi connectivity index (χ0) is 17.7. The van der Waals surface area contributed by atoms with Gasteiger partial charge in [-0.2, -0.15) is 11.8 Å². The normalized spacial score (nSPS) is 19.5. The molecular weight excluding hydrogens is 323 g/mol. The number of hydrogen-bond donors (Lipinski definition) is 1. The first kappa shape index (κ1) is 19.1. The summed E-state index contributed by atoms with van der Waals surface area (Å²) in [6.07, 6.45) is 0. The SMILES string of the molecule is CN=C(NCC(c1ccc(F)cc1)N(C)C)N1CCSC(C)(C)C1. The highest BCUT2D eigenvalue weighted by molar-refractivity contribution is 8.00. The van der Waals surface area contributed by atoms with Crippen LogP contribution in [0.25, 0.3) is 0 Å². The van der Waals surface area contributed by atoms with E-state index in [1.807, 2.05) is 45.0 Å². The number of rotatable bonds is 4. The number of benzene rings is 1. The van der Waals surface area contributed by atoms with Crippen molar-refractivity contribution in [3.8, 4) is 0 Å². The third-order valence-electron chi connectivity index (χ3n) is 4.27. The molecule has 1 atom stereocenters. The summed E-state index contributed by atoms with van der Waals surface area (Å²) in [5, 5.41) is 3.50. The lowest BCUT2D eigenvalue weighted by molar-refractivity contribution is 0.292. The topological polar surface area (TPSA) is 30.9 Å². The number of thioether (sulfide) groups is 1. The Hall–Kier alpha value is -1.27. The summed E-state index contributed by atoms with van der Waals surface area (Å²) in [6, 6.07) is 6.90. The van der Waals surface area contributed by atoms with E-state index in [0.29, 0.717) is 0 Å². The van der Waals surface area contributed by atoms with E-state index in [1.54, 1.807) is 0 Å². The smallest absolute Gasteiger partial charge is 0.193 e. The molecule has 1 unspecified atom stereocenters. The van der Waals surface area contributed by atoms with Gasteiger partial charge in [0.15, 0.2) is 5.96 Å². The van der Waals surface area contributed by atoms with Crippen molar-refractivity contribution in [3.05, 3.63) is 35.6 Å². The highest BCUT2D eigenvalue weighted by Gasteiger charge is 2.29. The van der Waals surface area contributed by atoms with Crippen molar-refractivity contribution in [1.82, 2.24) is 15.1 Å². The second-order valence-corrected chi connectivity index (χ2v) is 8.79. The van der Waals surface area contributed by atoms with Crippen molar-refractivity contribution in [2.24, 2.45) is 4.99 Å². The minimum Gasteiger partial charge on any atom is -0.354 e. The van der Waals surface area contributed by atoms with Crippen molar-refractivity contribution in [2.45, 2.75) is 24.6 Å². The molecule has 0 saturated carbocycles. The fourth-order valence-corrected chi connectivity index (χ4v) is 4.11. The first-order valence-electron chi connectivity index (χ1n) is 8.34. The molecule has 1 aromatic carbocycles. The molecule has 6 heteroatoms. The van der Waals surface area contributed by atoms with Crippen LogP contribution in [-0.4, -0.2) is 67.0 Å². The van der Waals surface area contributed by atoms with Crippen LogP contribution in [0, 0.1) is 5.82 Å². The lowest BCUT2D eigenvalue weighted by Gasteiger charge is -2.39. The summed E-state index contributed by atoms with van der Waals surface area (Å²) in [5.41, 5.74) is 1.10. The summed E-state index contributed by atoms with van der Waals surface area (Å²) in [6.45, 7) is 7.28. The highest BCUT2D eigenvalue weighted by atomic mass is 32.2. The predicted molar refractivity (Wildman–Crippen MR) is 102 cm³/mol. The van der Waals surface area contributed by atoms with E-state index in [4.69, 9.17) is 0 Å². The largest absolute Gasteiger partial charge is 0.354 e. The van der Waals surface area contributed by atoms with Crippen LogP contribution in [0.5, 0.6) is 0 Å². The van der Waals surface area contributed by atoms with Crippen molar-refractivity contribution in [1.29, 1.82) is 0 Å². The van der Waals surface area contributed by atoms with Crippen LogP contribution >= 0.6 is 11.8 Å². The molecule has 1 aliphatic heterocycles. The minimum atomic E-state index is -0.201. The highest BCUT2D eigenvalue weighted by Crippen LogP contribution is 2.29. The number of guanidine groups is 1. The Bertz CT molecular complexity index is 557. The monoisotopic (exact) mass is 352 g/mol. The van der Waals surface area contributed by atoms with Gasteiger partial charge < -0.3 is 15.1 Å². The number of likely N-dealkylation sites (N-methyl/N-ethyl adjacent to an activating group) is 1. The molecule has 1 heterocycles. The van der Waals surface area contributed by atoms with Crippen molar-refractivity contribution in [3.63, 3.8) is 0 Å². The van der Waals surface area contributed by atoms with Crippen LogP contribution < -0.4 is 5.32 Å². The van der Waals surface area contributed by atoms with Crippen molar-refractivity contribution in [2.75, 3.05) is 46.5 Å². The minimum absolute atomic E-state index is 0.162. The molecule has 1 N–H and O–H groups in total. The molecule has 0 aromatic heterocycles. The summed E-state index contributed by atoms with van der Waals surface area (Å²) >= 11 is 2.01. The standard InChI is InChI=1S/C18H29FN4S/c1-18(2)13-23(10-11-24-18)17(20-3)21-12-16(22(4)5)14-6-8-15(19)9-7-14/h6-9,16H,10-13H2,1-5H3,(H,20,21). The van der Waals surface area contributed by atoms with Crippen LogP contribution in [0.3, 0.4) is 0 Å². The third kappa shape index (κ3) is 5.11. The first-order chi connectivity index (χ1) is 11.3. The fraction of sp³-hybridized carbons (Fsp3) is 0.611. The zero-order valence-electron chi connectivity index (χ0n) is 15.3. The zero-order valence-corrected chi connectivity index (χ0v) is 16.2. The molecule has 0 spiro atoms. The lowest BCUT2D eigenvalue weighted by Crippen LogP contribution is -2.52. The molecule has 0 amide bonds. The number of aliphatic imine (C=N–C) groups is 1. The summed E-state index contributed by atoms with van der Waals surface area (Å²) in [4.78, 5) is 8.93. The Balaban J connectivity index is 2.03. The molecule has 134 valence electrons. The van der Waals surface area contributed by atoms with E-state index < -0.39 is 0 Å². The van der Waals surface area contributed by atoms with Crippen molar-refractivity contribution >= 4 is 17.7 Å². The summed E-state index contributed by atoms with van der Waals surface area (Å²) in [5.74, 6) is 1.85. The van der Waals surface area contributed by atoms with Crippen LogP contribution in [0.2, 0.25) is 0 Å². The molecule has 1 aromatic rings. The summed E-state index contributed by atoms with van der Waals surface area (Å²) in [7, 11) is 5.91. The van der Waals surface area contributed by atoms with Gasteiger partial charge in [0.1, 0.15) is 5.82 Å². The maximum absolute atomic E-state index is 13.2. The van der Waals surface area contributed by atoms with E-state index in [0.717, 1.165) is 36.9 Å². The van der Waals surface area contributed by atoms with E-state index in [1.165, 1.54) is 12.1 Å². The molecule has 2 rings (SSSR count). The van der Waals surface area contributed by atoms with Crippen molar-refractivity contribution < 1.29 is 4.39 Å². The average Bonchev–Trinajstić information content (AvgIpc) is 2.51. The van der Waals surface area contributed by atoms with Gasteiger partial charge in [-0.3, -0.25) is 4.99 Å². The molecule has 1 fully saturated rings. The fourth-order valence-electron chi connectivity index (χ4n) is 3.00. The van der Waals surface area contributed by atoms with Gasteiger partial charge in [-0.1, -0.05) is 12.1 Å². The number of nitrogens with one attached hydrogen (secondary N) is 1. The quantitative estimate of drug-likeness (QED) is 0.667. The van der Waals surface area contributed by atoms with Crippen LogP contribution in [-0.2, 0) is 0 Å². The molecule has 0 aliphatic carbocycles. The Morgan fingerprint density at radius 1 is 1.38 bits per heavy atom. The molecule has 1 saturated heterocycles. The molecule has 1 aliphatic rings. The van der Waals surface area contributed by atoms with Gasteiger partial charge in [0, 0.05) is 37.2 Å². The van der Waals surface area contributed by atoms with Gasteiger partial charge in [0.05, 0.1) is 6.04 Å². The molecule has 0 radical (unpaired) electrons. The van der Waals surface area contributed by atoms with E-state index in [2.05, 4.69) is 34.0 Å². The molecule has 0 bridgehead atoms. The maximum atomic E-state index is 13.2. The Kier molecular flexibility index (Phi) is 6.52. The maximum Gasteiger partial charge on any atom is 0.193 e. The first-order valence-corrected chi connectivity index (χ1v) is 9.32. The molecule has 4 nitrogen and oxygen atoms in total. The van der Waals surface area contributed by atoms with E-state index in [-0.39, 0.29) is 16.6 Å². The van der Waals surface area contributed by atoms with Gasteiger partial charge >= 0.3 is 0 Å². The van der Waals surface area contributed by atoms with Gasteiger partial charge in [-0.15, -0.1) is 0 Å². The van der Waals surface area contributed by atoms with Crippen LogP contribution in [0.1, 0.15) is 25.5 Å². The Morgan fingerprint density at radius 3 is 2.58 bits per heavy atom. The van der Waals surface area contributed by atoms with Crippen LogP contribution in [0.4, 0.5) is 4.39 Å². The number of hydrogen-bond acceptors (Lipinski definition) is 3. The Morgan fingerprint density at radius 2 is 2.04 bits per heavy atom. The molecular formula is C18H29FN4S. The number of halogens is 1. The van der Waals surface area contributed by atoms with E-state index >= 15 is 0 Å². The average molecular weight is 353 g/mol. The third-order valence-corrected chi connectivity index (χ3v) is 5.57. The van der Waals surface area contributed by atoms with Gasteiger partial charge in [-0.05, 0) is 45.6 Å². The molecule has 24 heavy (non-hydrogen) atoms. The van der Waals surface area contributed by atoms with Gasteiger partial charge in [-0.25, -0.2) is 4.39 Å². The number of nitrogens with zero attached hydrogens (tertiary/aromatic N) is 3. The predicted octanol–water partition coefficient (Wildman–Crippen LogP) is 2.83.